The molecule has 4 heterocycles. The topological polar surface area (TPSA) is 59.0 Å². The fraction of sp³-hybridized carbons (Fsp3) is 0.600. The molecule has 0 spiro atoms. The lowest BCUT2D eigenvalue weighted by molar-refractivity contribution is -0.0816. The number of aliphatic imine (C=N–C) groups is 1. The summed E-state index contributed by atoms with van der Waals surface area (Å²) in [6.07, 6.45) is 3.60. The molecule has 0 aromatic carbocycles. The van der Waals surface area contributed by atoms with Crippen LogP contribution in [0.5, 0.6) is 0 Å². The molecule has 2 fully saturated rings. The third kappa shape index (κ3) is 4.74. The maximum atomic E-state index is 5.95. The summed E-state index contributed by atoms with van der Waals surface area (Å²) in [5, 5.41) is 6.77. The van der Waals surface area contributed by atoms with E-state index in [-0.39, 0.29) is 12.2 Å². The van der Waals surface area contributed by atoms with Crippen LogP contribution in [-0.2, 0) is 15.9 Å². The molecule has 2 unspecified atom stereocenters. The molecular weight excluding hydrogens is 392 g/mol. The van der Waals surface area contributed by atoms with Gasteiger partial charge in [0.1, 0.15) is 6.10 Å². The fourth-order valence-electron chi connectivity index (χ4n) is 3.74. The van der Waals surface area contributed by atoms with E-state index in [0.29, 0.717) is 0 Å². The maximum Gasteiger partial charge on any atom is 0.193 e. The predicted molar refractivity (Wildman–Crippen MR) is 116 cm³/mol. The van der Waals surface area contributed by atoms with Crippen molar-refractivity contribution < 1.29 is 9.47 Å². The molecule has 0 aliphatic carbocycles. The number of thiophene rings is 1. The van der Waals surface area contributed by atoms with E-state index in [1.54, 1.807) is 11.3 Å². The number of hydrogen-bond donors (Lipinski definition) is 1. The molecule has 0 bridgehead atoms. The Morgan fingerprint density at radius 1 is 1.32 bits per heavy atom. The van der Waals surface area contributed by atoms with Crippen molar-refractivity contribution in [1.82, 2.24) is 15.2 Å². The van der Waals surface area contributed by atoms with Gasteiger partial charge >= 0.3 is 0 Å². The highest BCUT2D eigenvalue weighted by Gasteiger charge is 2.32. The maximum absolute atomic E-state index is 5.95. The standard InChI is InChI=1S/C20H28N4O2S2/c1-14-23-16(13-27-14)19-6-5-15(28-19)7-8-22-20(21-2)24-9-11-26-18(12-24)17-4-3-10-25-17/h5-6,13,17-18H,3-4,7-12H2,1-2H3,(H,21,22). The van der Waals surface area contributed by atoms with Crippen molar-refractivity contribution in [1.29, 1.82) is 0 Å². The van der Waals surface area contributed by atoms with Crippen molar-refractivity contribution in [2.24, 2.45) is 4.99 Å². The van der Waals surface area contributed by atoms with Crippen LogP contribution in [0.1, 0.15) is 22.7 Å². The fourth-order valence-corrected chi connectivity index (χ4v) is 5.40. The molecule has 2 aliphatic heterocycles. The minimum Gasteiger partial charge on any atom is -0.375 e. The van der Waals surface area contributed by atoms with Crippen LogP contribution in [-0.4, -0.2) is 67.9 Å². The molecule has 2 saturated heterocycles. The number of morpholine rings is 1. The van der Waals surface area contributed by atoms with Crippen LogP contribution in [0.3, 0.4) is 0 Å². The minimum atomic E-state index is 0.149. The van der Waals surface area contributed by atoms with Gasteiger partial charge in [0, 0.05) is 43.5 Å². The van der Waals surface area contributed by atoms with E-state index in [1.165, 1.54) is 9.75 Å². The number of hydrogen-bond acceptors (Lipinski definition) is 6. The summed E-state index contributed by atoms with van der Waals surface area (Å²) in [5.41, 5.74) is 1.09. The van der Waals surface area contributed by atoms with Crippen LogP contribution in [0.4, 0.5) is 0 Å². The van der Waals surface area contributed by atoms with Crippen LogP contribution < -0.4 is 5.32 Å². The zero-order valence-corrected chi connectivity index (χ0v) is 18.2. The number of aromatic nitrogens is 1. The molecule has 0 amide bonds. The molecule has 0 radical (unpaired) electrons. The van der Waals surface area contributed by atoms with E-state index < -0.39 is 0 Å². The van der Waals surface area contributed by atoms with Crippen molar-refractivity contribution in [3.63, 3.8) is 0 Å². The molecule has 2 aliphatic rings. The Balaban J connectivity index is 1.28. The van der Waals surface area contributed by atoms with Gasteiger partial charge in [-0.05, 0) is 38.3 Å². The largest absolute Gasteiger partial charge is 0.375 e. The highest BCUT2D eigenvalue weighted by molar-refractivity contribution is 7.16. The molecular formula is C20H28N4O2S2. The number of rotatable bonds is 5. The highest BCUT2D eigenvalue weighted by atomic mass is 32.1. The smallest absolute Gasteiger partial charge is 0.193 e. The van der Waals surface area contributed by atoms with Crippen molar-refractivity contribution in [3.8, 4) is 10.6 Å². The summed E-state index contributed by atoms with van der Waals surface area (Å²) < 4.78 is 11.8. The van der Waals surface area contributed by atoms with Crippen molar-refractivity contribution in [2.75, 3.05) is 39.9 Å². The quantitative estimate of drug-likeness (QED) is 0.595. The molecule has 2 aromatic heterocycles. The van der Waals surface area contributed by atoms with E-state index in [2.05, 4.69) is 37.7 Å². The minimum absolute atomic E-state index is 0.149. The van der Waals surface area contributed by atoms with Crippen LogP contribution in [0.25, 0.3) is 10.6 Å². The molecule has 0 saturated carbocycles. The van der Waals surface area contributed by atoms with E-state index in [4.69, 9.17) is 9.47 Å². The van der Waals surface area contributed by atoms with E-state index >= 15 is 0 Å². The van der Waals surface area contributed by atoms with Crippen LogP contribution in [0.2, 0.25) is 0 Å². The molecule has 4 rings (SSSR count). The van der Waals surface area contributed by atoms with Gasteiger partial charge in [-0.3, -0.25) is 4.99 Å². The first-order chi connectivity index (χ1) is 13.7. The lowest BCUT2D eigenvalue weighted by Gasteiger charge is -2.37. The molecule has 152 valence electrons. The zero-order chi connectivity index (χ0) is 19.3. The zero-order valence-electron chi connectivity index (χ0n) is 16.5. The average Bonchev–Trinajstić information content (AvgIpc) is 3.47. The summed E-state index contributed by atoms with van der Waals surface area (Å²) in [7, 11) is 1.85. The third-order valence-electron chi connectivity index (χ3n) is 5.17. The Bertz CT molecular complexity index is 798. The Hall–Kier alpha value is -1.48. The van der Waals surface area contributed by atoms with Crippen molar-refractivity contribution >= 4 is 28.6 Å². The van der Waals surface area contributed by atoms with Crippen LogP contribution >= 0.6 is 22.7 Å². The second kappa shape index (κ2) is 9.35. The summed E-state index contributed by atoms with van der Waals surface area (Å²) in [4.78, 5) is 14.0. The van der Waals surface area contributed by atoms with E-state index in [0.717, 1.165) is 68.8 Å². The van der Waals surface area contributed by atoms with Gasteiger partial charge in [0.15, 0.2) is 5.96 Å². The lowest BCUT2D eigenvalue weighted by atomic mass is 10.1. The summed E-state index contributed by atoms with van der Waals surface area (Å²) in [5.74, 6) is 0.957. The average molecular weight is 421 g/mol. The number of aryl methyl sites for hydroxylation is 1. The first-order valence-corrected chi connectivity index (χ1v) is 11.6. The van der Waals surface area contributed by atoms with E-state index in [1.807, 2.05) is 25.3 Å². The van der Waals surface area contributed by atoms with Crippen LogP contribution in [0.15, 0.2) is 22.5 Å². The highest BCUT2D eigenvalue weighted by Crippen LogP contribution is 2.29. The van der Waals surface area contributed by atoms with Crippen molar-refractivity contribution in [3.05, 3.63) is 27.4 Å². The number of nitrogens with zero attached hydrogens (tertiary/aromatic N) is 3. The van der Waals surface area contributed by atoms with Gasteiger partial charge in [-0.25, -0.2) is 4.98 Å². The second-order valence-electron chi connectivity index (χ2n) is 7.15. The van der Waals surface area contributed by atoms with Gasteiger partial charge < -0.3 is 19.7 Å². The first-order valence-electron chi connectivity index (χ1n) is 9.93. The Kier molecular flexibility index (Phi) is 6.61. The normalized spacial score (nSPS) is 23.4. The van der Waals surface area contributed by atoms with Gasteiger partial charge in [0.05, 0.1) is 28.3 Å². The number of guanidine groups is 1. The second-order valence-corrected chi connectivity index (χ2v) is 9.38. The van der Waals surface area contributed by atoms with Crippen LogP contribution in [0, 0.1) is 6.92 Å². The molecule has 2 atom stereocenters. The molecule has 6 nitrogen and oxygen atoms in total. The molecule has 2 aromatic rings. The number of thiazole rings is 1. The van der Waals surface area contributed by atoms with Gasteiger partial charge in [0.2, 0.25) is 0 Å². The summed E-state index contributed by atoms with van der Waals surface area (Å²) in [6, 6.07) is 4.39. The molecule has 1 N–H and O–H groups in total. The monoisotopic (exact) mass is 420 g/mol. The van der Waals surface area contributed by atoms with Gasteiger partial charge in [-0.2, -0.15) is 0 Å². The van der Waals surface area contributed by atoms with Gasteiger partial charge in [0.25, 0.3) is 0 Å². The number of ether oxygens (including phenoxy) is 2. The predicted octanol–water partition coefficient (Wildman–Crippen LogP) is 3.18. The Labute approximate surface area is 174 Å². The Morgan fingerprint density at radius 2 is 2.21 bits per heavy atom. The summed E-state index contributed by atoms with van der Waals surface area (Å²) in [6.45, 7) is 6.22. The van der Waals surface area contributed by atoms with E-state index in [9.17, 15) is 0 Å². The SMILES string of the molecule is CN=C(NCCc1ccc(-c2csc(C)n2)s1)N1CCOC(C2CCCO2)C1. The van der Waals surface area contributed by atoms with Gasteiger partial charge in [-0.1, -0.05) is 0 Å². The Morgan fingerprint density at radius 3 is 2.96 bits per heavy atom. The molecule has 8 heteroatoms. The van der Waals surface area contributed by atoms with Gasteiger partial charge in [-0.15, -0.1) is 22.7 Å². The lowest BCUT2D eigenvalue weighted by Crippen LogP contribution is -2.53. The summed E-state index contributed by atoms with van der Waals surface area (Å²) >= 11 is 3.53. The van der Waals surface area contributed by atoms with Crippen molar-refractivity contribution in [2.45, 2.75) is 38.4 Å². The number of nitrogens with one attached hydrogen (secondary N) is 1. The molecule has 28 heavy (non-hydrogen) atoms. The third-order valence-corrected chi connectivity index (χ3v) is 7.11. The first kappa shape index (κ1) is 19.8.